The predicted molar refractivity (Wildman–Crippen MR) is 126 cm³/mol. The number of hydrazone groups is 1. The summed E-state index contributed by atoms with van der Waals surface area (Å²) in [5.74, 6) is 0.0417. The molecular weight excluding hydrogens is 458 g/mol. The number of benzene rings is 3. The van der Waals surface area contributed by atoms with Crippen molar-refractivity contribution in [3.8, 4) is 23.0 Å². The van der Waals surface area contributed by atoms with Crippen molar-refractivity contribution in [1.82, 2.24) is 5.43 Å². The Hall–Kier alpha value is -4.93. The molecule has 0 unspecified atom stereocenters. The zero-order valence-electron chi connectivity index (χ0n) is 19.0. The molecule has 0 saturated heterocycles. The molecule has 3 aromatic rings. The number of non-ortho nitro benzene ring substituents is 1. The summed E-state index contributed by atoms with van der Waals surface area (Å²) in [6, 6.07) is 14.6. The molecule has 35 heavy (non-hydrogen) atoms. The van der Waals surface area contributed by atoms with Crippen LogP contribution in [0.25, 0.3) is 0 Å². The van der Waals surface area contributed by atoms with Crippen LogP contribution < -0.4 is 24.4 Å². The first-order valence-electron chi connectivity index (χ1n) is 10.1. The van der Waals surface area contributed by atoms with E-state index in [1.165, 1.54) is 57.9 Å². The third-order valence-electron chi connectivity index (χ3n) is 4.69. The summed E-state index contributed by atoms with van der Waals surface area (Å²) >= 11 is 0. The van der Waals surface area contributed by atoms with Crippen LogP contribution in [0.3, 0.4) is 0 Å². The summed E-state index contributed by atoms with van der Waals surface area (Å²) in [5, 5.41) is 14.7. The molecule has 0 radical (unpaired) electrons. The molecule has 3 aromatic carbocycles. The number of ether oxygens (including phenoxy) is 4. The topological polar surface area (TPSA) is 139 Å². The molecule has 0 aliphatic heterocycles. The SMILES string of the molecule is COc1cc(C(=O)Oc2ccc(/C=N/NC(=O)c3cccc([N+](=O)[O-])c3)cc2)cc(OC)c1OC. The number of esters is 1. The van der Waals surface area contributed by atoms with Gasteiger partial charge in [0.1, 0.15) is 5.75 Å². The van der Waals surface area contributed by atoms with Crippen LogP contribution >= 0.6 is 0 Å². The molecule has 0 saturated carbocycles. The second-order valence-corrected chi connectivity index (χ2v) is 6.88. The van der Waals surface area contributed by atoms with Gasteiger partial charge in [-0.05, 0) is 48.0 Å². The minimum Gasteiger partial charge on any atom is -0.493 e. The number of methoxy groups -OCH3 is 3. The highest BCUT2D eigenvalue weighted by molar-refractivity contribution is 5.95. The van der Waals surface area contributed by atoms with Crippen molar-refractivity contribution < 1.29 is 33.5 Å². The first-order valence-corrected chi connectivity index (χ1v) is 10.1. The number of rotatable bonds is 9. The van der Waals surface area contributed by atoms with Gasteiger partial charge in [-0.1, -0.05) is 6.07 Å². The first kappa shape index (κ1) is 24.7. The Bertz CT molecular complexity index is 1250. The monoisotopic (exact) mass is 479 g/mol. The van der Waals surface area contributed by atoms with Gasteiger partial charge in [0, 0.05) is 17.7 Å². The van der Waals surface area contributed by atoms with E-state index in [4.69, 9.17) is 18.9 Å². The minimum atomic E-state index is -0.630. The molecule has 180 valence electrons. The van der Waals surface area contributed by atoms with Crippen molar-refractivity contribution in [3.05, 3.63) is 87.5 Å². The molecule has 0 aromatic heterocycles. The average Bonchev–Trinajstić information content (AvgIpc) is 2.88. The fraction of sp³-hybridized carbons (Fsp3) is 0.125. The van der Waals surface area contributed by atoms with Crippen LogP contribution in [0.15, 0.2) is 65.8 Å². The van der Waals surface area contributed by atoms with Crippen molar-refractivity contribution in [1.29, 1.82) is 0 Å². The zero-order chi connectivity index (χ0) is 25.4. The lowest BCUT2D eigenvalue weighted by atomic mass is 10.2. The van der Waals surface area contributed by atoms with Gasteiger partial charge >= 0.3 is 5.97 Å². The summed E-state index contributed by atoms with van der Waals surface area (Å²) in [6.07, 6.45) is 1.38. The van der Waals surface area contributed by atoms with Crippen LogP contribution in [0.1, 0.15) is 26.3 Å². The third-order valence-corrected chi connectivity index (χ3v) is 4.69. The molecule has 1 N–H and O–H groups in total. The minimum absolute atomic E-state index is 0.102. The third kappa shape index (κ3) is 6.11. The van der Waals surface area contributed by atoms with E-state index in [-0.39, 0.29) is 22.6 Å². The quantitative estimate of drug-likeness (QED) is 0.161. The average molecular weight is 479 g/mol. The fourth-order valence-electron chi connectivity index (χ4n) is 2.98. The number of amides is 1. The Morgan fingerprint density at radius 1 is 0.914 bits per heavy atom. The van der Waals surface area contributed by atoms with Gasteiger partial charge in [0.2, 0.25) is 5.75 Å². The van der Waals surface area contributed by atoms with Crippen molar-refractivity contribution in [3.63, 3.8) is 0 Å². The maximum atomic E-state index is 12.6. The van der Waals surface area contributed by atoms with E-state index in [1.807, 2.05) is 0 Å². The molecule has 11 heteroatoms. The van der Waals surface area contributed by atoms with E-state index in [9.17, 15) is 19.7 Å². The largest absolute Gasteiger partial charge is 0.493 e. The Morgan fingerprint density at radius 2 is 1.57 bits per heavy atom. The summed E-state index contributed by atoms with van der Waals surface area (Å²) in [4.78, 5) is 35.0. The highest BCUT2D eigenvalue weighted by Gasteiger charge is 2.18. The lowest BCUT2D eigenvalue weighted by molar-refractivity contribution is -0.384. The number of nitrogens with zero attached hydrogens (tertiary/aromatic N) is 2. The highest BCUT2D eigenvalue weighted by atomic mass is 16.6. The molecular formula is C24H21N3O8. The predicted octanol–water partition coefficient (Wildman–Crippen LogP) is 3.60. The van der Waals surface area contributed by atoms with Gasteiger partial charge in [0.25, 0.3) is 11.6 Å². The van der Waals surface area contributed by atoms with Crippen molar-refractivity contribution >= 4 is 23.8 Å². The van der Waals surface area contributed by atoms with E-state index in [0.29, 0.717) is 22.8 Å². The lowest BCUT2D eigenvalue weighted by Crippen LogP contribution is -2.17. The highest BCUT2D eigenvalue weighted by Crippen LogP contribution is 2.38. The van der Waals surface area contributed by atoms with E-state index >= 15 is 0 Å². The zero-order valence-corrected chi connectivity index (χ0v) is 19.0. The van der Waals surface area contributed by atoms with E-state index < -0.39 is 16.8 Å². The van der Waals surface area contributed by atoms with Crippen LogP contribution in [0.5, 0.6) is 23.0 Å². The van der Waals surface area contributed by atoms with E-state index in [1.54, 1.807) is 24.3 Å². The Kier molecular flexibility index (Phi) is 7.96. The fourth-order valence-corrected chi connectivity index (χ4v) is 2.98. The Morgan fingerprint density at radius 3 is 2.14 bits per heavy atom. The lowest BCUT2D eigenvalue weighted by Gasteiger charge is -2.13. The summed E-state index contributed by atoms with van der Waals surface area (Å²) in [7, 11) is 4.35. The molecule has 0 heterocycles. The Balaban J connectivity index is 1.64. The van der Waals surface area contributed by atoms with Crippen molar-refractivity contribution in [2.45, 2.75) is 0 Å². The maximum absolute atomic E-state index is 12.6. The number of carbonyl (C=O) groups is 2. The molecule has 3 rings (SSSR count). The normalized spacial score (nSPS) is 10.5. The van der Waals surface area contributed by atoms with Crippen LogP contribution in [-0.2, 0) is 0 Å². The second kappa shape index (κ2) is 11.3. The Labute approximate surface area is 200 Å². The number of carbonyl (C=O) groups excluding carboxylic acids is 2. The molecule has 0 aliphatic carbocycles. The molecule has 0 fully saturated rings. The molecule has 0 atom stereocenters. The number of nitro groups is 1. The van der Waals surface area contributed by atoms with Gasteiger partial charge in [-0.3, -0.25) is 14.9 Å². The molecule has 0 spiro atoms. The summed E-state index contributed by atoms with van der Waals surface area (Å²) in [5.41, 5.74) is 3.02. The number of hydrogen-bond acceptors (Lipinski definition) is 9. The molecule has 1 amide bonds. The van der Waals surface area contributed by atoms with E-state index in [0.717, 1.165) is 6.07 Å². The smallest absolute Gasteiger partial charge is 0.343 e. The van der Waals surface area contributed by atoms with Gasteiger partial charge in [-0.2, -0.15) is 5.10 Å². The van der Waals surface area contributed by atoms with Crippen molar-refractivity contribution in [2.75, 3.05) is 21.3 Å². The van der Waals surface area contributed by atoms with Gasteiger partial charge in [-0.15, -0.1) is 0 Å². The van der Waals surface area contributed by atoms with Crippen LogP contribution in [-0.4, -0.2) is 44.3 Å². The summed E-state index contributed by atoms with van der Waals surface area (Å²) < 4.78 is 21.1. The van der Waals surface area contributed by atoms with Gasteiger partial charge < -0.3 is 18.9 Å². The van der Waals surface area contributed by atoms with E-state index in [2.05, 4.69) is 10.5 Å². The molecule has 0 aliphatic rings. The second-order valence-electron chi connectivity index (χ2n) is 6.88. The maximum Gasteiger partial charge on any atom is 0.343 e. The number of nitrogens with one attached hydrogen (secondary N) is 1. The molecule has 0 bridgehead atoms. The van der Waals surface area contributed by atoms with Crippen LogP contribution in [0.2, 0.25) is 0 Å². The first-order chi connectivity index (χ1) is 16.9. The molecule has 11 nitrogen and oxygen atoms in total. The van der Waals surface area contributed by atoms with Crippen molar-refractivity contribution in [2.24, 2.45) is 5.10 Å². The van der Waals surface area contributed by atoms with Crippen LogP contribution in [0, 0.1) is 10.1 Å². The van der Waals surface area contributed by atoms with Gasteiger partial charge in [0.15, 0.2) is 11.5 Å². The number of nitro benzene ring substituents is 1. The number of hydrogen-bond donors (Lipinski definition) is 1. The van der Waals surface area contributed by atoms with Crippen LogP contribution in [0.4, 0.5) is 5.69 Å². The summed E-state index contributed by atoms with van der Waals surface area (Å²) in [6.45, 7) is 0. The van der Waals surface area contributed by atoms with Gasteiger partial charge in [-0.25, -0.2) is 10.2 Å². The van der Waals surface area contributed by atoms with Gasteiger partial charge in [0.05, 0.1) is 38.0 Å². The standard InChI is InChI=1S/C24H21N3O8/c1-32-20-12-17(13-21(33-2)22(20)34-3)24(29)35-19-9-7-15(8-10-19)14-25-26-23(28)16-5-4-6-18(11-16)27(30)31/h4-14H,1-3H3,(H,26,28)/b25-14+.